The summed E-state index contributed by atoms with van der Waals surface area (Å²) >= 11 is 0. The van der Waals surface area contributed by atoms with Crippen molar-refractivity contribution < 1.29 is 4.57 Å². The van der Waals surface area contributed by atoms with Crippen LogP contribution in [0.2, 0.25) is 0 Å². The number of hydrogen-bond acceptors (Lipinski definition) is 2. The maximum atomic E-state index is 14.0. The van der Waals surface area contributed by atoms with Gasteiger partial charge in [0.05, 0.1) is 6.07 Å². The van der Waals surface area contributed by atoms with Crippen LogP contribution in [-0.4, -0.2) is 5.54 Å². The summed E-state index contributed by atoms with van der Waals surface area (Å²) in [5.41, 5.74) is -1.01. The van der Waals surface area contributed by atoms with Crippen molar-refractivity contribution >= 4 is 17.9 Å². The van der Waals surface area contributed by atoms with E-state index in [0.717, 1.165) is 12.8 Å². The third kappa shape index (κ3) is 5.18. The van der Waals surface area contributed by atoms with Crippen molar-refractivity contribution in [2.75, 3.05) is 0 Å². The van der Waals surface area contributed by atoms with E-state index in [0.29, 0.717) is 10.6 Å². The molecule has 2 rings (SSSR count). The van der Waals surface area contributed by atoms with Crippen molar-refractivity contribution in [2.45, 2.75) is 45.1 Å². The number of allylic oxidation sites excluding steroid dienone is 1. The van der Waals surface area contributed by atoms with Gasteiger partial charge in [-0.2, -0.15) is 5.26 Å². The lowest BCUT2D eigenvalue weighted by Crippen LogP contribution is -2.42. The lowest BCUT2D eigenvalue weighted by atomic mass is 10.0. The van der Waals surface area contributed by atoms with Gasteiger partial charge in [-0.05, 0) is 44.0 Å². The fourth-order valence-electron chi connectivity index (χ4n) is 2.81. The number of unbranched alkanes of at least 4 members (excludes halogenated alkanes) is 3. The Balaban J connectivity index is 2.35. The summed E-state index contributed by atoms with van der Waals surface area (Å²) in [7, 11) is -3.15. The van der Waals surface area contributed by atoms with E-state index >= 15 is 0 Å². The number of hydrogen-bond donors (Lipinski definition) is 1. The summed E-state index contributed by atoms with van der Waals surface area (Å²) in [6, 6.07) is 21.0. The normalized spacial score (nSPS) is 14.0. The summed E-state index contributed by atoms with van der Waals surface area (Å²) in [5, 5.41) is 14.3. The fraction of sp³-hybridized carbons (Fsp3) is 0.318. The highest BCUT2D eigenvalue weighted by molar-refractivity contribution is 7.77. The molecule has 136 valence electrons. The van der Waals surface area contributed by atoms with E-state index < -0.39 is 12.8 Å². The molecule has 1 N–H and O–H groups in total. The Bertz CT molecular complexity index is 752. The number of nitrogens with one attached hydrogen (secondary N) is 1. The highest BCUT2D eigenvalue weighted by Crippen LogP contribution is 2.41. The van der Waals surface area contributed by atoms with E-state index in [1.807, 2.05) is 72.8 Å². The van der Waals surface area contributed by atoms with Gasteiger partial charge in [0, 0.05) is 10.6 Å². The molecule has 2 aromatic rings. The van der Waals surface area contributed by atoms with E-state index in [4.69, 9.17) is 0 Å². The fourth-order valence-corrected chi connectivity index (χ4v) is 5.33. The molecule has 2 aromatic carbocycles. The van der Waals surface area contributed by atoms with Gasteiger partial charge in [0.1, 0.15) is 5.54 Å². The Morgan fingerprint density at radius 3 is 2.04 bits per heavy atom. The van der Waals surface area contributed by atoms with E-state index in [-0.39, 0.29) is 0 Å². The molecule has 0 fully saturated rings. The Kier molecular flexibility index (Phi) is 7.39. The SMILES string of the molecule is CCCCC/C=C/[C@](C)(C#N)NP(=O)(c1ccccc1)c1ccccc1. The molecule has 0 aliphatic heterocycles. The van der Waals surface area contributed by atoms with Crippen molar-refractivity contribution in [1.82, 2.24) is 5.09 Å². The number of benzene rings is 2. The van der Waals surface area contributed by atoms with Crippen molar-refractivity contribution in [3.63, 3.8) is 0 Å². The summed E-state index contributed by atoms with van der Waals surface area (Å²) in [6.07, 6.45) is 8.23. The Morgan fingerprint density at radius 1 is 1.04 bits per heavy atom. The number of rotatable bonds is 9. The quantitative estimate of drug-likeness (QED) is 0.389. The van der Waals surface area contributed by atoms with Crippen LogP contribution >= 0.6 is 7.29 Å². The molecule has 0 heterocycles. The first-order valence-electron chi connectivity index (χ1n) is 9.14. The molecular formula is C22H27N2OP. The first kappa shape index (κ1) is 20.2. The topological polar surface area (TPSA) is 52.9 Å². The Morgan fingerprint density at radius 2 is 1.58 bits per heavy atom. The summed E-state index contributed by atoms with van der Waals surface area (Å²) in [5.74, 6) is 0. The Labute approximate surface area is 157 Å². The molecule has 0 saturated heterocycles. The van der Waals surface area contributed by atoms with E-state index in [9.17, 15) is 9.83 Å². The van der Waals surface area contributed by atoms with Gasteiger partial charge in [-0.15, -0.1) is 0 Å². The molecule has 26 heavy (non-hydrogen) atoms. The predicted octanol–water partition coefficient (Wildman–Crippen LogP) is 4.92. The Hall–Kier alpha value is -2.14. The van der Waals surface area contributed by atoms with Crippen molar-refractivity contribution in [3.8, 4) is 6.07 Å². The second-order valence-corrected chi connectivity index (χ2v) is 9.08. The molecule has 4 heteroatoms. The van der Waals surface area contributed by atoms with Crippen LogP contribution in [0.3, 0.4) is 0 Å². The minimum absolute atomic E-state index is 0.701. The maximum Gasteiger partial charge on any atom is 0.206 e. The minimum Gasteiger partial charge on any atom is -0.296 e. The average molecular weight is 366 g/mol. The molecule has 0 radical (unpaired) electrons. The molecule has 0 amide bonds. The lowest BCUT2D eigenvalue weighted by molar-refractivity contribution is 0.560. The molecule has 1 atom stereocenters. The van der Waals surface area contributed by atoms with Gasteiger partial charge in [-0.1, -0.05) is 68.3 Å². The minimum atomic E-state index is -3.15. The summed E-state index contributed by atoms with van der Waals surface area (Å²) in [6.45, 7) is 3.95. The van der Waals surface area contributed by atoms with Crippen molar-refractivity contribution in [1.29, 1.82) is 5.26 Å². The van der Waals surface area contributed by atoms with Gasteiger partial charge in [0.2, 0.25) is 7.29 Å². The second-order valence-electron chi connectivity index (χ2n) is 6.60. The maximum absolute atomic E-state index is 14.0. The third-order valence-electron chi connectivity index (χ3n) is 4.29. The number of nitrogens with zero attached hydrogens (tertiary/aromatic N) is 1. The van der Waals surface area contributed by atoms with Gasteiger partial charge in [0.15, 0.2) is 0 Å². The largest absolute Gasteiger partial charge is 0.296 e. The molecule has 0 saturated carbocycles. The van der Waals surface area contributed by atoms with Gasteiger partial charge in [0.25, 0.3) is 0 Å². The van der Waals surface area contributed by atoms with E-state index in [2.05, 4.69) is 18.1 Å². The molecule has 0 aromatic heterocycles. The molecule has 0 unspecified atom stereocenters. The van der Waals surface area contributed by atoms with Crippen LogP contribution < -0.4 is 15.7 Å². The van der Waals surface area contributed by atoms with Crippen LogP contribution in [0.4, 0.5) is 0 Å². The zero-order valence-corrected chi connectivity index (χ0v) is 16.5. The first-order chi connectivity index (χ1) is 12.5. The van der Waals surface area contributed by atoms with E-state index in [1.54, 1.807) is 6.92 Å². The van der Waals surface area contributed by atoms with Gasteiger partial charge in [-0.3, -0.25) is 4.57 Å². The van der Waals surface area contributed by atoms with Crippen molar-refractivity contribution in [3.05, 3.63) is 72.8 Å². The molecular weight excluding hydrogens is 339 g/mol. The van der Waals surface area contributed by atoms with E-state index in [1.165, 1.54) is 12.8 Å². The molecule has 3 nitrogen and oxygen atoms in total. The monoisotopic (exact) mass is 366 g/mol. The predicted molar refractivity (Wildman–Crippen MR) is 110 cm³/mol. The zero-order chi connectivity index (χ0) is 18.9. The van der Waals surface area contributed by atoms with Crippen LogP contribution in [0, 0.1) is 11.3 Å². The van der Waals surface area contributed by atoms with Crippen LogP contribution in [0.5, 0.6) is 0 Å². The standard InChI is InChI=1S/C22H27N2OP/c1-3-4-5-6-13-18-22(2,19-23)24-26(25,20-14-9-7-10-15-20)21-16-11-8-12-17-21/h7-18H,3-6H2,1-2H3,(H,24,25)/b18-13+/t22-/m1/s1. The summed E-state index contributed by atoms with van der Waals surface area (Å²) < 4.78 is 14.0. The van der Waals surface area contributed by atoms with Gasteiger partial charge in [-0.25, -0.2) is 5.09 Å². The number of nitriles is 1. The molecule has 0 aliphatic rings. The molecule has 0 bridgehead atoms. The first-order valence-corrected chi connectivity index (χ1v) is 10.8. The lowest BCUT2D eigenvalue weighted by Gasteiger charge is -2.28. The third-order valence-corrected chi connectivity index (χ3v) is 7.12. The highest BCUT2D eigenvalue weighted by atomic mass is 31.2. The van der Waals surface area contributed by atoms with Crippen LogP contribution in [0.25, 0.3) is 0 Å². The average Bonchev–Trinajstić information content (AvgIpc) is 2.69. The van der Waals surface area contributed by atoms with Crippen molar-refractivity contribution in [2.24, 2.45) is 0 Å². The molecule has 0 spiro atoms. The molecule has 0 aliphatic carbocycles. The van der Waals surface area contributed by atoms with Crippen LogP contribution in [0.15, 0.2) is 72.8 Å². The van der Waals surface area contributed by atoms with Crippen LogP contribution in [-0.2, 0) is 4.57 Å². The highest BCUT2D eigenvalue weighted by Gasteiger charge is 2.35. The van der Waals surface area contributed by atoms with Crippen LogP contribution in [0.1, 0.15) is 39.5 Å². The van der Waals surface area contributed by atoms with Gasteiger partial charge < -0.3 is 0 Å². The summed E-state index contributed by atoms with van der Waals surface area (Å²) in [4.78, 5) is 0. The second kappa shape index (κ2) is 9.53. The smallest absolute Gasteiger partial charge is 0.206 e. The van der Waals surface area contributed by atoms with Gasteiger partial charge >= 0.3 is 0 Å². The zero-order valence-electron chi connectivity index (χ0n) is 15.6.